The number of nitrogens with zero attached hydrogens (tertiary/aromatic N) is 3. The lowest BCUT2D eigenvalue weighted by molar-refractivity contribution is 0.0600. The maximum atomic E-state index is 11.9. The number of aldehydes is 1. The van der Waals surface area contributed by atoms with Crippen molar-refractivity contribution in [2.45, 2.75) is 20.1 Å². The Hall–Kier alpha value is -5.38. The quantitative estimate of drug-likeness (QED) is 0.152. The van der Waals surface area contributed by atoms with Gasteiger partial charge >= 0.3 is 5.97 Å². The summed E-state index contributed by atoms with van der Waals surface area (Å²) in [6.07, 6.45) is 2.34. The van der Waals surface area contributed by atoms with Crippen molar-refractivity contribution in [3.63, 3.8) is 0 Å². The first-order chi connectivity index (χ1) is 20.0. The third kappa shape index (κ3) is 6.11. The zero-order valence-corrected chi connectivity index (χ0v) is 22.7. The highest BCUT2D eigenvalue weighted by molar-refractivity contribution is 5.90. The van der Waals surface area contributed by atoms with Crippen LogP contribution in [0.15, 0.2) is 83.4 Å². The van der Waals surface area contributed by atoms with Crippen molar-refractivity contribution in [2.75, 3.05) is 14.2 Å². The molecule has 0 atom stereocenters. The summed E-state index contributed by atoms with van der Waals surface area (Å²) in [5, 5.41) is 4.41. The van der Waals surface area contributed by atoms with Crippen molar-refractivity contribution in [2.24, 2.45) is 0 Å². The van der Waals surface area contributed by atoms with Crippen LogP contribution in [0.4, 0.5) is 0 Å². The average Bonchev–Trinajstić information content (AvgIpc) is 3.62. The highest BCUT2D eigenvalue weighted by atomic mass is 16.5. The van der Waals surface area contributed by atoms with E-state index < -0.39 is 5.97 Å². The highest BCUT2D eigenvalue weighted by Gasteiger charge is 2.16. The van der Waals surface area contributed by atoms with Crippen molar-refractivity contribution >= 4 is 12.3 Å². The molecular formula is C31H27N3O7. The molecule has 0 bridgehead atoms. The van der Waals surface area contributed by atoms with Crippen molar-refractivity contribution < 1.29 is 33.0 Å². The zero-order valence-electron chi connectivity index (χ0n) is 22.7. The van der Waals surface area contributed by atoms with E-state index in [1.165, 1.54) is 7.11 Å². The number of hydrogen-bond donors (Lipinski definition) is 0. The molecule has 2 aromatic heterocycles. The van der Waals surface area contributed by atoms with Crippen LogP contribution >= 0.6 is 0 Å². The summed E-state index contributed by atoms with van der Waals surface area (Å²) in [7, 11) is 2.88. The molecule has 0 saturated carbocycles. The molecular weight excluding hydrogens is 526 g/mol. The minimum atomic E-state index is -0.439. The monoisotopic (exact) mass is 553 g/mol. The molecule has 2 heterocycles. The van der Waals surface area contributed by atoms with Gasteiger partial charge in [-0.1, -0.05) is 30.3 Å². The SMILES string of the molecule is COC(=O)c1cccc(-c2nc(COc3ccc(COc4nn(-c5ccccc5)cc4C=O)cc3OC)c(C)o2)c1. The van der Waals surface area contributed by atoms with E-state index in [2.05, 4.69) is 10.1 Å². The van der Waals surface area contributed by atoms with Crippen LogP contribution in [-0.2, 0) is 18.0 Å². The maximum Gasteiger partial charge on any atom is 0.337 e. The van der Waals surface area contributed by atoms with Crippen LogP contribution in [0.25, 0.3) is 17.1 Å². The third-order valence-corrected chi connectivity index (χ3v) is 6.25. The highest BCUT2D eigenvalue weighted by Crippen LogP contribution is 2.31. The van der Waals surface area contributed by atoms with Crippen LogP contribution in [0.2, 0.25) is 0 Å². The van der Waals surface area contributed by atoms with E-state index >= 15 is 0 Å². The van der Waals surface area contributed by atoms with Gasteiger partial charge in [-0.3, -0.25) is 4.79 Å². The molecule has 0 fully saturated rings. The summed E-state index contributed by atoms with van der Waals surface area (Å²) in [4.78, 5) is 28.0. The number of ether oxygens (including phenoxy) is 4. The lowest BCUT2D eigenvalue weighted by Crippen LogP contribution is -2.02. The number of carbonyl (C=O) groups is 2. The number of hydrogen-bond acceptors (Lipinski definition) is 9. The summed E-state index contributed by atoms with van der Waals surface area (Å²) < 4.78 is 29.6. The van der Waals surface area contributed by atoms with Crippen LogP contribution in [0.5, 0.6) is 17.4 Å². The fourth-order valence-corrected chi connectivity index (χ4v) is 4.08. The normalized spacial score (nSPS) is 10.7. The first kappa shape index (κ1) is 27.2. The molecule has 5 rings (SSSR count). The van der Waals surface area contributed by atoms with Gasteiger partial charge in [0.2, 0.25) is 11.8 Å². The van der Waals surface area contributed by atoms with Gasteiger partial charge < -0.3 is 23.4 Å². The molecule has 0 amide bonds. The molecule has 0 aliphatic rings. The number of carbonyl (C=O) groups excluding carboxylic acids is 2. The molecule has 0 saturated heterocycles. The Morgan fingerprint density at radius 2 is 1.78 bits per heavy atom. The van der Waals surface area contributed by atoms with E-state index in [-0.39, 0.29) is 19.1 Å². The Labute approximate surface area is 236 Å². The standard InChI is InChI=1S/C31H27N3O7/c1-20-26(32-29(41-20)22-8-7-9-23(15-22)31(36)38-3)19-39-27-13-12-21(14-28(27)37-2)18-40-30-24(17-35)16-34(33-30)25-10-5-4-6-11-25/h4-17H,18-19H2,1-3H3. The van der Waals surface area contributed by atoms with Gasteiger partial charge in [-0.15, -0.1) is 5.10 Å². The van der Waals surface area contributed by atoms with E-state index in [9.17, 15) is 9.59 Å². The Bertz CT molecular complexity index is 1670. The number of methoxy groups -OCH3 is 2. The lowest BCUT2D eigenvalue weighted by atomic mass is 10.1. The van der Waals surface area contributed by atoms with E-state index in [0.29, 0.717) is 51.8 Å². The van der Waals surface area contributed by atoms with E-state index in [1.54, 1.807) is 61.3 Å². The van der Waals surface area contributed by atoms with Gasteiger partial charge in [0.15, 0.2) is 17.8 Å². The van der Waals surface area contributed by atoms with Gasteiger partial charge in [-0.25, -0.2) is 14.5 Å². The van der Waals surface area contributed by atoms with Crippen LogP contribution < -0.4 is 14.2 Å². The molecule has 10 heteroatoms. The minimum Gasteiger partial charge on any atom is -0.493 e. The van der Waals surface area contributed by atoms with E-state index in [4.69, 9.17) is 23.4 Å². The summed E-state index contributed by atoms with van der Waals surface area (Å²) in [5.74, 6) is 1.77. The molecule has 0 aliphatic heterocycles. The maximum absolute atomic E-state index is 11.9. The fraction of sp³-hybridized carbons (Fsp3) is 0.161. The molecule has 0 aliphatic carbocycles. The topological polar surface area (TPSA) is 115 Å². The van der Waals surface area contributed by atoms with Crippen LogP contribution in [0, 0.1) is 6.92 Å². The van der Waals surface area contributed by atoms with Crippen molar-refractivity contribution in [1.29, 1.82) is 0 Å². The van der Waals surface area contributed by atoms with Crippen molar-refractivity contribution in [3.05, 3.63) is 107 Å². The molecule has 0 radical (unpaired) electrons. The summed E-state index contributed by atoms with van der Waals surface area (Å²) in [6.45, 7) is 2.10. The molecule has 208 valence electrons. The number of oxazole rings is 1. The second-order valence-corrected chi connectivity index (χ2v) is 8.94. The van der Waals surface area contributed by atoms with Crippen molar-refractivity contribution in [1.82, 2.24) is 14.8 Å². The molecule has 0 spiro atoms. The van der Waals surface area contributed by atoms with Crippen LogP contribution in [0.1, 0.15) is 37.7 Å². The number of benzene rings is 3. The smallest absolute Gasteiger partial charge is 0.337 e. The molecule has 5 aromatic rings. The van der Waals surface area contributed by atoms with Gasteiger partial charge in [0.25, 0.3) is 0 Å². The predicted molar refractivity (Wildman–Crippen MR) is 149 cm³/mol. The molecule has 3 aromatic carbocycles. The van der Waals surface area contributed by atoms with Crippen molar-refractivity contribution in [3.8, 4) is 34.5 Å². The predicted octanol–water partition coefficient (Wildman–Crippen LogP) is 5.60. The first-order valence-corrected chi connectivity index (χ1v) is 12.7. The minimum absolute atomic E-state index is 0.137. The second-order valence-electron chi connectivity index (χ2n) is 8.94. The summed E-state index contributed by atoms with van der Waals surface area (Å²) in [5.41, 5.74) is 3.62. The lowest BCUT2D eigenvalue weighted by Gasteiger charge is -2.12. The third-order valence-electron chi connectivity index (χ3n) is 6.25. The first-order valence-electron chi connectivity index (χ1n) is 12.7. The largest absolute Gasteiger partial charge is 0.493 e. The van der Waals surface area contributed by atoms with Crippen LogP contribution in [-0.4, -0.2) is 41.2 Å². The second kappa shape index (κ2) is 12.2. The molecule has 41 heavy (non-hydrogen) atoms. The van der Waals surface area contributed by atoms with Gasteiger partial charge in [-0.05, 0) is 55.0 Å². The van der Waals surface area contributed by atoms with Gasteiger partial charge in [0.1, 0.15) is 24.7 Å². The van der Waals surface area contributed by atoms with Crippen LogP contribution in [0.3, 0.4) is 0 Å². The number of para-hydroxylation sites is 1. The van der Waals surface area contributed by atoms with Gasteiger partial charge in [-0.2, -0.15) is 0 Å². The number of aryl methyl sites for hydroxylation is 1. The number of rotatable bonds is 11. The van der Waals surface area contributed by atoms with Gasteiger partial charge in [0, 0.05) is 11.8 Å². The molecule has 10 nitrogen and oxygen atoms in total. The van der Waals surface area contributed by atoms with E-state index in [1.807, 2.05) is 36.4 Å². The summed E-state index contributed by atoms with van der Waals surface area (Å²) >= 11 is 0. The summed E-state index contributed by atoms with van der Waals surface area (Å²) in [6, 6.07) is 21.7. The average molecular weight is 554 g/mol. The zero-order chi connectivity index (χ0) is 28.8. The Morgan fingerprint density at radius 3 is 2.54 bits per heavy atom. The number of aromatic nitrogens is 3. The van der Waals surface area contributed by atoms with Gasteiger partial charge in [0.05, 0.1) is 31.0 Å². The number of esters is 1. The Kier molecular flexibility index (Phi) is 8.10. The Morgan fingerprint density at radius 1 is 0.951 bits per heavy atom. The molecule has 0 unspecified atom stereocenters. The molecule has 0 N–H and O–H groups in total. The van der Waals surface area contributed by atoms with E-state index in [0.717, 1.165) is 11.3 Å². The Balaban J connectivity index is 1.26. The fourth-order valence-electron chi connectivity index (χ4n) is 4.08.